The number of benzene rings is 1. The molecule has 0 spiro atoms. The highest BCUT2D eigenvalue weighted by molar-refractivity contribution is 5.55. The maximum atomic E-state index is 5.77. The third-order valence-electron chi connectivity index (χ3n) is 2.73. The number of nitrogens with two attached hydrogens (primary N) is 1. The number of anilines is 1. The quantitative estimate of drug-likeness (QED) is 0.892. The Labute approximate surface area is 112 Å². The molecule has 0 saturated heterocycles. The van der Waals surface area contributed by atoms with Crippen LogP contribution < -0.4 is 5.73 Å². The Morgan fingerprint density at radius 2 is 1.84 bits per heavy atom. The first-order valence-electron chi connectivity index (χ1n) is 6.43. The molecule has 0 saturated carbocycles. The SMILES string of the molecule is CCOC(CC)c1nc(N)nc(-c2ccccc2)n1. The van der Waals surface area contributed by atoms with Crippen molar-refractivity contribution < 1.29 is 4.74 Å². The fourth-order valence-corrected chi connectivity index (χ4v) is 1.85. The van der Waals surface area contributed by atoms with E-state index in [0.29, 0.717) is 18.3 Å². The smallest absolute Gasteiger partial charge is 0.223 e. The van der Waals surface area contributed by atoms with E-state index in [4.69, 9.17) is 10.5 Å². The maximum Gasteiger partial charge on any atom is 0.223 e. The van der Waals surface area contributed by atoms with E-state index in [1.54, 1.807) is 0 Å². The molecule has 1 heterocycles. The van der Waals surface area contributed by atoms with Crippen LogP contribution in [0.1, 0.15) is 32.2 Å². The van der Waals surface area contributed by atoms with Crippen molar-refractivity contribution in [2.45, 2.75) is 26.4 Å². The molecule has 0 aliphatic rings. The van der Waals surface area contributed by atoms with Crippen LogP contribution in [0.15, 0.2) is 30.3 Å². The summed E-state index contributed by atoms with van der Waals surface area (Å²) >= 11 is 0. The Bertz CT molecular complexity index is 530. The first-order valence-corrected chi connectivity index (χ1v) is 6.43. The summed E-state index contributed by atoms with van der Waals surface area (Å²) in [7, 11) is 0. The van der Waals surface area contributed by atoms with E-state index in [2.05, 4.69) is 15.0 Å². The molecule has 100 valence electrons. The molecule has 2 N–H and O–H groups in total. The molecule has 2 rings (SSSR count). The Morgan fingerprint density at radius 1 is 1.11 bits per heavy atom. The van der Waals surface area contributed by atoms with Crippen LogP contribution in [0.2, 0.25) is 0 Å². The predicted molar refractivity (Wildman–Crippen MR) is 74.3 cm³/mol. The lowest BCUT2D eigenvalue weighted by molar-refractivity contribution is 0.0535. The van der Waals surface area contributed by atoms with E-state index < -0.39 is 0 Å². The van der Waals surface area contributed by atoms with Gasteiger partial charge in [-0.3, -0.25) is 0 Å². The number of hydrogen-bond donors (Lipinski definition) is 1. The molecule has 1 unspecified atom stereocenters. The van der Waals surface area contributed by atoms with Crippen molar-refractivity contribution >= 4 is 5.95 Å². The fraction of sp³-hybridized carbons (Fsp3) is 0.357. The highest BCUT2D eigenvalue weighted by Gasteiger charge is 2.15. The molecule has 19 heavy (non-hydrogen) atoms. The van der Waals surface area contributed by atoms with Crippen molar-refractivity contribution in [3.8, 4) is 11.4 Å². The summed E-state index contributed by atoms with van der Waals surface area (Å²) < 4.78 is 5.61. The largest absolute Gasteiger partial charge is 0.371 e. The number of aromatic nitrogens is 3. The van der Waals surface area contributed by atoms with Crippen LogP contribution in [-0.2, 0) is 4.74 Å². The molecule has 1 aromatic heterocycles. The summed E-state index contributed by atoms with van der Waals surface area (Å²) in [5.74, 6) is 1.40. The van der Waals surface area contributed by atoms with Gasteiger partial charge in [0.2, 0.25) is 5.95 Å². The van der Waals surface area contributed by atoms with Crippen LogP contribution in [0.25, 0.3) is 11.4 Å². The van der Waals surface area contributed by atoms with E-state index in [0.717, 1.165) is 12.0 Å². The van der Waals surface area contributed by atoms with Crippen LogP contribution in [-0.4, -0.2) is 21.6 Å². The van der Waals surface area contributed by atoms with Gasteiger partial charge in [0.05, 0.1) is 0 Å². The van der Waals surface area contributed by atoms with Gasteiger partial charge in [0.15, 0.2) is 11.6 Å². The number of nitrogen functional groups attached to an aromatic ring is 1. The van der Waals surface area contributed by atoms with E-state index in [9.17, 15) is 0 Å². The van der Waals surface area contributed by atoms with Crippen molar-refractivity contribution in [2.24, 2.45) is 0 Å². The summed E-state index contributed by atoms with van der Waals surface area (Å²) in [6, 6.07) is 9.72. The summed E-state index contributed by atoms with van der Waals surface area (Å²) in [4.78, 5) is 12.8. The third kappa shape index (κ3) is 3.26. The minimum atomic E-state index is -0.141. The lowest BCUT2D eigenvalue weighted by atomic mass is 10.2. The van der Waals surface area contributed by atoms with Crippen LogP contribution in [0.5, 0.6) is 0 Å². The van der Waals surface area contributed by atoms with Crippen molar-refractivity contribution in [3.05, 3.63) is 36.2 Å². The van der Waals surface area contributed by atoms with E-state index in [1.807, 2.05) is 44.2 Å². The topological polar surface area (TPSA) is 73.9 Å². The van der Waals surface area contributed by atoms with E-state index >= 15 is 0 Å². The highest BCUT2D eigenvalue weighted by atomic mass is 16.5. The van der Waals surface area contributed by atoms with Gasteiger partial charge in [0, 0.05) is 12.2 Å². The van der Waals surface area contributed by atoms with E-state index in [-0.39, 0.29) is 12.1 Å². The van der Waals surface area contributed by atoms with Crippen LogP contribution in [0.3, 0.4) is 0 Å². The molecule has 1 atom stereocenters. The van der Waals surface area contributed by atoms with Gasteiger partial charge < -0.3 is 10.5 Å². The van der Waals surface area contributed by atoms with Gasteiger partial charge in [0.1, 0.15) is 6.10 Å². The highest BCUT2D eigenvalue weighted by Crippen LogP contribution is 2.21. The van der Waals surface area contributed by atoms with Gasteiger partial charge in [-0.15, -0.1) is 0 Å². The Balaban J connectivity index is 2.39. The maximum absolute atomic E-state index is 5.77. The van der Waals surface area contributed by atoms with Gasteiger partial charge in [0.25, 0.3) is 0 Å². The fourth-order valence-electron chi connectivity index (χ4n) is 1.85. The average molecular weight is 258 g/mol. The summed E-state index contributed by atoms with van der Waals surface area (Å²) in [5, 5.41) is 0. The standard InChI is InChI=1S/C14H18N4O/c1-3-11(19-4-2)13-16-12(17-14(15)18-13)10-8-6-5-7-9-10/h5-9,11H,3-4H2,1-2H3,(H2,15,16,17,18). The molecular formula is C14H18N4O. The predicted octanol–water partition coefficient (Wildman–Crippen LogP) is 2.61. The van der Waals surface area contributed by atoms with E-state index in [1.165, 1.54) is 0 Å². The van der Waals surface area contributed by atoms with Crippen LogP contribution in [0.4, 0.5) is 5.95 Å². The first kappa shape index (κ1) is 13.4. The molecule has 5 heteroatoms. The molecule has 5 nitrogen and oxygen atoms in total. The second kappa shape index (κ2) is 6.24. The lowest BCUT2D eigenvalue weighted by Crippen LogP contribution is -2.11. The Morgan fingerprint density at radius 3 is 2.47 bits per heavy atom. The second-order valence-corrected chi connectivity index (χ2v) is 4.09. The zero-order valence-corrected chi connectivity index (χ0v) is 11.2. The summed E-state index contributed by atoms with van der Waals surface area (Å²) in [6.07, 6.45) is 0.656. The lowest BCUT2D eigenvalue weighted by Gasteiger charge is -2.14. The zero-order valence-electron chi connectivity index (χ0n) is 11.2. The first-order chi connectivity index (χ1) is 9.24. The molecule has 0 aliphatic heterocycles. The number of rotatable bonds is 5. The average Bonchev–Trinajstić information content (AvgIpc) is 2.45. The zero-order chi connectivity index (χ0) is 13.7. The number of hydrogen-bond acceptors (Lipinski definition) is 5. The van der Waals surface area contributed by atoms with Gasteiger partial charge in [-0.25, -0.2) is 4.98 Å². The van der Waals surface area contributed by atoms with Crippen LogP contribution in [0, 0.1) is 0 Å². The minimum Gasteiger partial charge on any atom is -0.371 e. The molecular weight excluding hydrogens is 240 g/mol. The third-order valence-corrected chi connectivity index (χ3v) is 2.73. The minimum absolute atomic E-state index is 0.141. The van der Waals surface area contributed by atoms with Crippen molar-refractivity contribution in [1.82, 2.24) is 15.0 Å². The molecule has 0 fully saturated rings. The van der Waals surface area contributed by atoms with Crippen molar-refractivity contribution in [2.75, 3.05) is 12.3 Å². The number of nitrogens with zero attached hydrogens (tertiary/aromatic N) is 3. The van der Waals surface area contributed by atoms with Gasteiger partial charge >= 0.3 is 0 Å². The van der Waals surface area contributed by atoms with Crippen LogP contribution >= 0.6 is 0 Å². The number of ether oxygens (including phenoxy) is 1. The van der Waals surface area contributed by atoms with Crippen molar-refractivity contribution in [3.63, 3.8) is 0 Å². The Hall–Kier alpha value is -2.01. The van der Waals surface area contributed by atoms with Gasteiger partial charge in [-0.2, -0.15) is 9.97 Å². The molecule has 0 amide bonds. The van der Waals surface area contributed by atoms with Gasteiger partial charge in [-0.1, -0.05) is 37.3 Å². The molecule has 0 radical (unpaired) electrons. The molecule has 1 aromatic carbocycles. The normalized spacial score (nSPS) is 12.3. The second-order valence-electron chi connectivity index (χ2n) is 4.09. The summed E-state index contributed by atoms with van der Waals surface area (Å²) in [6.45, 7) is 4.60. The molecule has 0 bridgehead atoms. The van der Waals surface area contributed by atoms with Crippen molar-refractivity contribution in [1.29, 1.82) is 0 Å². The Kier molecular flexibility index (Phi) is 4.41. The monoisotopic (exact) mass is 258 g/mol. The molecule has 2 aromatic rings. The summed E-state index contributed by atoms with van der Waals surface area (Å²) in [5.41, 5.74) is 6.69. The molecule has 0 aliphatic carbocycles. The van der Waals surface area contributed by atoms with Gasteiger partial charge in [-0.05, 0) is 13.3 Å².